The number of hydrogen-bond donors (Lipinski definition) is 1. The molecule has 5 heteroatoms. The molecule has 0 radical (unpaired) electrons. The molecule has 0 unspecified atom stereocenters. The monoisotopic (exact) mass is 226 g/mol. The van der Waals surface area contributed by atoms with E-state index in [-0.39, 0.29) is 10.4 Å². The molecule has 0 aliphatic heterocycles. The second-order valence-corrected chi connectivity index (χ2v) is 4.34. The van der Waals surface area contributed by atoms with Crippen molar-refractivity contribution in [3.63, 3.8) is 0 Å². The van der Waals surface area contributed by atoms with E-state index in [4.69, 9.17) is 4.55 Å². The second kappa shape index (κ2) is 3.98. The van der Waals surface area contributed by atoms with Crippen molar-refractivity contribution in [2.75, 3.05) is 0 Å². The first-order valence-electron chi connectivity index (χ1n) is 4.04. The number of fused-ring (bicyclic) bond motifs is 1. The molecule has 0 bridgehead atoms. The Kier molecular flexibility index (Phi) is 3.09. The summed E-state index contributed by atoms with van der Waals surface area (Å²) < 4.78 is 30.9. The fourth-order valence-corrected chi connectivity index (χ4v) is 2.11. The lowest BCUT2D eigenvalue weighted by Gasteiger charge is -1.96. The van der Waals surface area contributed by atoms with Crippen LogP contribution in [0.5, 0.6) is 0 Å². The van der Waals surface area contributed by atoms with Crippen LogP contribution in [0.25, 0.3) is 11.1 Å². The van der Waals surface area contributed by atoms with Gasteiger partial charge in [-0.3, -0.25) is 4.55 Å². The van der Waals surface area contributed by atoms with E-state index >= 15 is 0 Å². The first-order valence-corrected chi connectivity index (χ1v) is 5.48. The van der Waals surface area contributed by atoms with E-state index in [0.29, 0.717) is 5.56 Å². The highest BCUT2D eigenvalue weighted by atomic mass is 32.2. The van der Waals surface area contributed by atoms with E-state index < -0.39 is 10.1 Å². The highest BCUT2D eigenvalue weighted by molar-refractivity contribution is 7.86. The summed E-state index contributed by atoms with van der Waals surface area (Å²) in [6, 6.07) is 11.9. The quantitative estimate of drug-likeness (QED) is 0.741. The predicted octanol–water partition coefficient (Wildman–Crippen LogP) is 1.21. The van der Waals surface area contributed by atoms with Crippen LogP contribution in [0.3, 0.4) is 0 Å². The first kappa shape index (κ1) is 11.6. The molecule has 0 fully saturated rings. The molecule has 0 aromatic carbocycles. The molecule has 0 aromatic rings. The average molecular weight is 226 g/mol. The Morgan fingerprint density at radius 2 is 1.60 bits per heavy atom. The molecule has 2 aliphatic rings. The topological polar surface area (TPSA) is 85.9 Å². The predicted molar refractivity (Wildman–Crippen MR) is 56.5 cm³/mol. The molecule has 0 heterocycles. The van der Waals surface area contributed by atoms with E-state index in [9.17, 15) is 8.42 Å². The Morgan fingerprint density at radius 3 is 2.27 bits per heavy atom. The van der Waals surface area contributed by atoms with E-state index in [1.54, 1.807) is 30.3 Å². The molecule has 0 saturated heterocycles. The first-order chi connectivity index (χ1) is 6.59. The smallest absolute Gasteiger partial charge is 0.295 e. The van der Waals surface area contributed by atoms with Gasteiger partial charge in [-0.2, -0.15) is 8.42 Å². The number of hydrogen-bond acceptors (Lipinski definition) is 2. The van der Waals surface area contributed by atoms with Crippen molar-refractivity contribution in [3.8, 4) is 11.1 Å². The summed E-state index contributed by atoms with van der Waals surface area (Å²) in [5.41, 5.74) is 1.33. The van der Waals surface area contributed by atoms with Gasteiger partial charge in [-0.25, -0.2) is 0 Å². The molecule has 15 heavy (non-hydrogen) atoms. The summed E-state index contributed by atoms with van der Waals surface area (Å²) in [7, 11) is -4.12. The summed E-state index contributed by atoms with van der Waals surface area (Å²) in [6.45, 7) is 0. The maximum Gasteiger partial charge on any atom is 0.295 e. The summed E-state index contributed by atoms with van der Waals surface area (Å²) in [5, 5.41) is 0. The van der Waals surface area contributed by atoms with Gasteiger partial charge in [0.15, 0.2) is 0 Å². The van der Waals surface area contributed by atoms with Crippen LogP contribution in [0.15, 0.2) is 47.4 Å². The highest BCUT2D eigenvalue weighted by Crippen LogP contribution is 2.29. The fraction of sp³-hybridized carbons (Fsp3) is 0. The van der Waals surface area contributed by atoms with E-state index in [2.05, 4.69) is 0 Å². The van der Waals surface area contributed by atoms with E-state index in [1.807, 2.05) is 6.07 Å². The van der Waals surface area contributed by atoms with Gasteiger partial charge in [0.25, 0.3) is 10.1 Å². The van der Waals surface area contributed by atoms with Crippen molar-refractivity contribution in [3.05, 3.63) is 42.5 Å². The molecule has 0 spiro atoms. The lowest BCUT2D eigenvalue weighted by molar-refractivity contribution is 0.484. The van der Waals surface area contributed by atoms with Crippen molar-refractivity contribution in [2.24, 2.45) is 0 Å². The molecule has 3 N–H and O–H groups in total. The molecule has 0 amide bonds. The third kappa shape index (κ3) is 2.15. The summed E-state index contributed by atoms with van der Waals surface area (Å²) in [5.74, 6) is 0. The zero-order valence-electron chi connectivity index (χ0n) is 7.71. The molecule has 0 aromatic heterocycles. The molecule has 0 atom stereocenters. The second-order valence-electron chi connectivity index (χ2n) is 2.95. The van der Waals surface area contributed by atoms with Gasteiger partial charge in [0.1, 0.15) is 4.90 Å². The zero-order chi connectivity index (χ0) is 10.2. The van der Waals surface area contributed by atoms with Crippen molar-refractivity contribution in [1.29, 1.82) is 0 Å². The van der Waals surface area contributed by atoms with Crippen LogP contribution in [-0.4, -0.2) is 18.4 Å². The maximum absolute atomic E-state index is 11.0. The molecule has 0 saturated carbocycles. The van der Waals surface area contributed by atoms with Gasteiger partial charge in [0.05, 0.1) is 0 Å². The SMILES string of the molecule is O.O=S(=O)(O)c1ccc2cccccc1-2. The van der Waals surface area contributed by atoms with Gasteiger partial charge in [-0.05, 0) is 11.6 Å². The van der Waals surface area contributed by atoms with Crippen molar-refractivity contribution in [2.45, 2.75) is 4.90 Å². The Balaban J connectivity index is 0.00000112. The van der Waals surface area contributed by atoms with E-state index in [0.717, 1.165) is 5.56 Å². The zero-order valence-corrected chi connectivity index (χ0v) is 8.53. The molecular formula is C10H10O4S. The third-order valence-corrected chi connectivity index (χ3v) is 2.94. The number of rotatable bonds is 1. The van der Waals surface area contributed by atoms with Crippen molar-refractivity contribution < 1.29 is 18.4 Å². The van der Waals surface area contributed by atoms with Crippen LogP contribution in [0.2, 0.25) is 0 Å². The largest absolute Gasteiger partial charge is 0.412 e. The summed E-state index contributed by atoms with van der Waals surface area (Å²) in [6.07, 6.45) is 0. The standard InChI is InChI=1S/C10H8O3S.H2O/c11-14(12,13)10-7-6-8-4-2-1-3-5-9(8)10;/h1-7H,(H,11,12,13);1H2. The van der Waals surface area contributed by atoms with Crippen LogP contribution in [-0.2, 0) is 10.1 Å². The van der Waals surface area contributed by atoms with Gasteiger partial charge in [0, 0.05) is 5.56 Å². The van der Waals surface area contributed by atoms with Crippen LogP contribution in [0.4, 0.5) is 0 Å². The van der Waals surface area contributed by atoms with Crippen LogP contribution in [0.1, 0.15) is 0 Å². The Hall–Kier alpha value is -1.43. The molecular weight excluding hydrogens is 216 g/mol. The lowest BCUT2D eigenvalue weighted by Crippen LogP contribution is -1.96. The highest BCUT2D eigenvalue weighted by Gasteiger charge is 2.17. The Morgan fingerprint density at radius 1 is 0.933 bits per heavy atom. The van der Waals surface area contributed by atoms with E-state index in [1.165, 1.54) is 6.07 Å². The van der Waals surface area contributed by atoms with Crippen LogP contribution >= 0.6 is 0 Å². The van der Waals surface area contributed by atoms with Gasteiger partial charge in [0.2, 0.25) is 0 Å². The molecule has 2 aliphatic carbocycles. The normalized spacial score (nSPS) is 11.0. The third-order valence-electron chi connectivity index (χ3n) is 2.03. The van der Waals surface area contributed by atoms with Crippen LogP contribution in [0, 0.1) is 0 Å². The maximum atomic E-state index is 11.0. The average Bonchev–Trinajstić information content (AvgIpc) is 2.36. The molecule has 2 rings (SSSR count). The minimum Gasteiger partial charge on any atom is -0.412 e. The summed E-state index contributed by atoms with van der Waals surface area (Å²) in [4.78, 5) is -0.0382. The van der Waals surface area contributed by atoms with Gasteiger partial charge in [-0.15, -0.1) is 0 Å². The fourth-order valence-electron chi connectivity index (χ4n) is 1.41. The molecule has 80 valence electrons. The molecule has 4 nitrogen and oxygen atoms in total. The van der Waals surface area contributed by atoms with Gasteiger partial charge in [-0.1, -0.05) is 36.4 Å². The minimum absolute atomic E-state index is 0. The van der Waals surface area contributed by atoms with Gasteiger partial charge >= 0.3 is 0 Å². The Labute approximate surface area is 87.6 Å². The lowest BCUT2D eigenvalue weighted by atomic mass is 10.2. The van der Waals surface area contributed by atoms with Crippen LogP contribution < -0.4 is 0 Å². The van der Waals surface area contributed by atoms with Crippen molar-refractivity contribution >= 4 is 10.1 Å². The Bertz CT molecular complexity index is 533. The van der Waals surface area contributed by atoms with Crippen molar-refractivity contribution in [1.82, 2.24) is 0 Å². The minimum atomic E-state index is -4.12. The summed E-state index contributed by atoms with van der Waals surface area (Å²) >= 11 is 0. The van der Waals surface area contributed by atoms with Gasteiger partial charge < -0.3 is 5.48 Å².